The first-order valence-electron chi connectivity index (χ1n) is 9.09. The van der Waals surface area contributed by atoms with Gasteiger partial charge in [-0.15, -0.1) is 5.10 Å². The van der Waals surface area contributed by atoms with E-state index in [1.165, 1.54) is 0 Å². The van der Waals surface area contributed by atoms with E-state index in [0.29, 0.717) is 32.1 Å². The number of nitrogens with zero attached hydrogens (tertiary/aromatic N) is 4. The van der Waals surface area contributed by atoms with Crippen LogP contribution in [-0.2, 0) is 9.47 Å². The van der Waals surface area contributed by atoms with Crippen molar-refractivity contribution in [1.82, 2.24) is 19.7 Å². The van der Waals surface area contributed by atoms with Gasteiger partial charge in [-0.25, -0.2) is 9.67 Å². The summed E-state index contributed by atoms with van der Waals surface area (Å²) in [6.45, 7) is 1.75. The van der Waals surface area contributed by atoms with Crippen molar-refractivity contribution >= 4 is 5.91 Å². The lowest BCUT2D eigenvalue weighted by Crippen LogP contribution is -2.37. The molecular formula is C21H24N4O3. The van der Waals surface area contributed by atoms with E-state index in [-0.39, 0.29) is 11.7 Å². The van der Waals surface area contributed by atoms with Crippen LogP contribution in [0.3, 0.4) is 0 Å². The van der Waals surface area contributed by atoms with Crippen LogP contribution in [0.5, 0.6) is 0 Å². The molecule has 28 heavy (non-hydrogen) atoms. The molecule has 0 atom stereocenters. The van der Waals surface area contributed by atoms with Crippen LogP contribution in [0.25, 0.3) is 17.1 Å². The van der Waals surface area contributed by atoms with Gasteiger partial charge in [0.1, 0.15) is 0 Å². The number of para-hydroxylation sites is 1. The fraction of sp³-hybridized carbons (Fsp3) is 0.286. The summed E-state index contributed by atoms with van der Waals surface area (Å²) in [6.07, 6.45) is 0. The minimum atomic E-state index is -0.249. The first kappa shape index (κ1) is 19.7. The number of amides is 1. The van der Waals surface area contributed by atoms with Crippen molar-refractivity contribution in [3.63, 3.8) is 0 Å². The Balaban J connectivity index is 1.99. The SMILES string of the molecule is COCCN(CCOC)C(=O)c1nc(-c2ccccc2)n(-c2ccccc2)n1. The molecule has 3 rings (SSSR count). The quantitative estimate of drug-likeness (QED) is 0.571. The lowest BCUT2D eigenvalue weighted by atomic mass is 10.2. The minimum absolute atomic E-state index is 0.148. The molecule has 3 aromatic rings. The highest BCUT2D eigenvalue weighted by molar-refractivity contribution is 5.91. The normalized spacial score (nSPS) is 10.8. The Morgan fingerprint density at radius 1 is 0.929 bits per heavy atom. The number of ether oxygens (including phenoxy) is 2. The molecule has 0 aliphatic heterocycles. The van der Waals surface area contributed by atoms with E-state index in [1.54, 1.807) is 23.8 Å². The Morgan fingerprint density at radius 2 is 1.50 bits per heavy atom. The highest BCUT2D eigenvalue weighted by Crippen LogP contribution is 2.21. The smallest absolute Gasteiger partial charge is 0.293 e. The second kappa shape index (κ2) is 9.77. The maximum Gasteiger partial charge on any atom is 0.293 e. The first-order chi connectivity index (χ1) is 13.7. The van der Waals surface area contributed by atoms with E-state index in [9.17, 15) is 4.79 Å². The third kappa shape index (κ3) is 4.62. The zero-order valence-corrected chi connectivity index (χ0v) is 16.1. The molecule has 7 nitrogen and oxygen atoms in total. The van der Waals surface area contributed by atoms with Gasteiger partial charge in [0.15, 0.2) is 5.82 Å². The molecule has 0 spiro atoms. The second-order valence-corrected chi connectivity index (χ2v) is 6.15. The zero-order valence-electron chi connectivity index (χ0n) is 16.1. The van der Waals surface area contributed by atoms with E-state index in [4.69, 9.17) is 9.47 Å². The Labute approximate surface area is 164 Å². The van der Waals surface area contributed by atoms with E-state index >= 15 is 0 Å². The lowest BCUT2D eigenvalue weighted by molar-refractivity contribution is 0.0616. The van der Waals surface area contributed by atoms with Crippen LogP contribution in [0, 0.1) is 0 Å². The van der Waals surface area contributed by atoms with Crippen LogP contribution < -0.4 is 0 Å². The summed E-state index contributed by atoms with van der Waals surface area (Å²) in [6, 6.07) is 19.4. The minimum Gasteiger partial charge on any atom is -0.383 e. The maximum absolute atomic E-state index is 13.1. The molecule has 0 bridgehead atoms. The summed E-state index contributed by atoms with van der Waals surface area (Å²) >= 11 is 0. The number of methoxy groups -OCH3 is 2. The topological polar surface area (TPSA) is 69.5 Å². The third-order valence-corrected chi connectivity index (χ3v) is 4.25. The molecule has 7 heteroatoms. The van der Waals surface area contributed by atoms with Crippen LogP contribution in [0.2, 0.25) is 0 Å². The average Bonchev–Trinajstić information content (AvgIpc) is 3.20. The van der Waals surface area contributed by atoms with Gasteiger partial charge in [0.05, 0.1) is 18.9 Å². The van der Waals surface area contributed by atoms with Gasteiger partial charge in [-0.2, -0.15) is 0 Å². The third-order valence-electron chi connectivity index (χ3n) is 4.25. The molecule has 0 saturated heterocycles. The van der Waals surface area contributed by atoms with Crippen LogP contribution in [-0.4, -0.2) is 66.1 Å². The highest BCUT2D eigenvalue weighted by atomic mass is 16.5. The predicted molar refractivity (Wildman–Crippen MR) is 106 cm³/mol. The molecule has 0 N–H and O–H groups in total. The Hall–Kier alpha value is -3.03. The van der Waals surface area contributed by atoms with E-state index in [2.05, 4.69) is 10.1 Å². The van der Waals surface area contributed by atoms with Crippen molar-refractivity contribution in [3.8, 4) is 17.1 Å². The molecule has 0 radical (unpaired) electrons. The van der Waals surface area contributed by atoms with Gasteiger partial charge in [-0.3, -0.25) is 4.79 Å². The van der Waals surface area contributed by atoms with Gasteiger partial charge >= 0.3 is 0 Å². The molecule has 146 valence electrons. The van der Waals surface area contributed by atoms with Crippen LogP contribution in [0.15, 0.2) is 60.7 Å². The van der Waals surface area contributed by atoms with Crippen LogP contribution in [0.4, 0.5) is 0 Å². The molecule has 1 aromatic heterocycles. The second-order valence-electron chi connectivity index (χ2n) is 6.15. The molecule has 0 unspecified atom stereocenters. The summed E-state index contributed by atoms with van der Waals surface area (Å²) in [5.74, 6) is 0.518. The van der Waals surface area contributed by atoms with Crippen LogP contribution in [0.1, 0.15) is 10.6 Å². The fourth-order valence-corrected chi connectivity index (χ4v) is 2.79. The summed E-state index contributed by atoms with van der Waals surface area (Å²) in [5.41, 5.74) is 1.73. The number of carbonyl (C=O) groups is 1. The van der Waals surface area contributed by atoms with E-state index in [0.717, 1.165) is 11.3 Å². The first-order valence-corrected chi connectivity index (χ1v) is 9.09. The summed E-state index contributed by atoms with van der Waals surface area (Å²) in [5, 5.41) is 4.53. The molecule has 1 amide bonds. The van der Waals surface area contributed by atoms with E-state index < -0.39 is 0 Å². The molecule has 2 aromatic carbocycles. The molecule has 1 heterocycles. The van der Waals surface area contributed by atoms with Gasteiger partial charge < -0.3 is 14.4 Å². The van der Waals surface area contributed by atoms with Gasteiger partial charge in [-0.05, 0) is 12.1 Å². The molecule has 0 aliphatic carbocycles. The van der Waals surface area contributed by atoms with Crippen molar-refractivity contribution < 1.29 is 14.3 Å². The summed E-state index contributed by atoms with van der Waals surface area (Å²) in [7, 11) is 3.21. The Bertz CT molecular complexity index is 816. The van der Waals surface area contributed by atoms with Crippen molar-refractivity contribution in [3.05, 3.63) is 66.5 Å². The number of benzene rings is 2. The monoisotopic (exact) mass is 380 g/mol. The summed E-state index contributed by atoms with van der Waals surface area (Å²) < 4.78 is 12.0. The molecular weight excluding hydrogens is 356 g/mol. The fourth-order valence-electron chi connectivity index (χ4n) is 2.79. The largest absolute Gasteiger partial charge is 0.383 e. The van der Waals surface area contributed by atoms with Crippen molar-refractivity contribution in [2.75, 3.05) is 40.5 Å². The van der Waals surface area contributed by atoms with Gasteiger partial charge in [0, 0.05) is 32.9 Å². The molecule has 0 fully saturated rings. The van der Waals surface area contributed by atoms with Crippen LogP contribution >= 0.6 is 0 Å². The summed E-state index contributed by atoms with van der Waals surface area (Å²) in [4.78, 5) is 19.3. The number of hydrogen-bond acceptors (Lipinski definition) is 5. The number of hydrogen-bond donors (Lipinski definition) is 0. The van der Waals surface area contributed by atoms with Gasteiger partial charge in [0.25, 0.3) is 5.91 Å². The highest BCUT2D eigenvalue weighted by Gasteiger charge is 2.23. The number of rotatable bonds is 9. The predicted octanol–water partition coefficient (Wildman–Crippen LogP) is 2.67. The molecule has 0 aliphatic rings. The van der Waals surface area contributed by atoms with Gasteiger partial charge in [0.2, 0.25) is 5.82 Å². The number of aromatic nitrogens is 3. The maximum atomic E-state index is 13.1. The standard InChI is InChI=1S/C21H24N4O3/c1-27-15-13-24(14-16-28-2)21(26)19-22-20(17-9-5-3-6-10-17)25(23-19)18-11-7-4-8-12-18/h3-12H,13-16H2,1-2H3. The average molecular weight is 380 g/mol. The van der Waals surface area contributed by atoms with E-state index in [1.807, 2.05) is 60.7 Å². The van der Waals surface area contributed by atoms with Crippen molar-refractivity contribution in [2.45, 2.75) is 0 Å². The Kier molecular flexibility index (Phi) is 6.89. The van der Waals surface area contributed by atoms with Gasteiger partial charge in [-0.1, -0.05) is 48.5 Å². The zero-order chi connectivity index (χ0) is 19.8. The lowest BCUT2D eigenvalue weighted by Gasteiger charge is -2.20. The van der Waals surface area contributed by atoms with Crippen molar-refractivity contribution in [2.24, 2.45) is 0 Å². The number of carbonyl (C=O) groups excluding carboxylic acids is 1. The Morgan fingerprint density at radius 3 is 2.07 bits per heavy atom. The van der Waals surface area contributed by atoms with Crippen molar-refractivity contribution in [1.29, 1.82) is 0 Å². The molecule has 0 saturated carbocycles.